The van der Waals surface area contributed by atoms with Crippen molar-refractivity contribution in [3.63, 3.8) is 0 Å². The Kier molecular flexibility index (Phi) is 4.80. The van der Waals surface area contributed by atoms with Crippen molar-refractivity contribution in [2.45, 2.75) is 6.92 Å². The predicted molar refractivity (Wildman–Crippen MR) is 108 cm³/mol. The number of hydrogen-bond acceptors (Lipinski definition) is 5. The van der Waals surface area contributed by atoms with Crippen molar-refractivity contribution in [2.24, 2.45) is 0 Å². The SMILES string of the molecule is CCS(=O)(=O)N1CCN(c2nc(-c3ccccc3)c3ccccc3n2)CC1. The van der Waals surface area contributed by atoms with Crippen molar-refractivity contribution in [1.82, 2.24) is 14.3 Å². The van der Waals surface area contributed by atoms with Gasteiger partial charge in [0.2, 0.25) is 16.0 Å². The molecular weight excluding hydrogens is 360 g/mol. The fourth-order valence-corrected chi connectivity index (χ4v) is 4.46. The van der Waals surface area contributed by atoms with Crippen LogP contribution in [0.4, 0.5) is 5.95 Å². The van der Waals surface area contributed by atoms with Gasteiger partial charge >= 0.3 is 0 Å². The molecule has 0 unspecified atom stereocenters. The Labute approximate surface area is 159 Å². The molecule has 0 atom stereocenters. The van der Waals surface area contributed by atoms with E-state index in [2.05, 4.69) is 4.90 Å². The Morgan fingerprint density at radius 3 is 2.26 bits per heavy atom. The van der Waals surface area contributed by atoms with Gasteiger partial charge in [0.1, 0.15) is 0 Å². The van der Waals surface area contributed by atoms with E-state index in [9.17, 15) is 8.42 Å². The summed E-state index contributed by atoms with van der Waals surface area (Å²) in [5.74, 6) is 0.790. The van der Waals surface area contributed by atoms with Crippen LogP contribution in [0.15, 0.2) is 54.6 Å². The molecule has 2 aromatic carbocycles. The molecule has 0 bridgehead atoms. The van der Waals surface area contributed by atoms with Crippen molar-refractivity contribution in [1.29, 1.82) is 0 Å². The summed E-state index contributed by atoms with van der Waals surface area (Å²) in [6.07, 6.45) is 0. The highest BCUT2D eigenvalue weighted by molar-refractivity contribution is 7.89. The third-order valence-corrected chi connectivity index (χ3v) is 6.80. The maximum absolute atomic E-state index is 12.1. The van der Waals surface area contributed by atoms with E-state index in [0.29, 0.717) is 32.1 Å². The molecule has 0 N–H and O–H groups in total. The van der Waals surface area contributed by atoms with Crippen LogP contribution in [0.1, 0.15) is 6.92 Å². The second-order valence-electron chi connectivity index (χ2n) is 6.54. The number of piperazine rings is 1. The minimum absolute atomic E-state index is 0.137. The summed E-state index contributed by atoms with van der Waals surface area (Å²) in [6.45, 7) is 3.79. The second-order valence-corrected chi connectivity index (χ2v) is 8.80. The summed E-state index contributed by atoms with van der Waals surface area (Å²) >= 11 is 0. The number of anilines is 1. The van der Waals surface area contributed by atoms with Crippen molar-refractivity contribution in [2.75, 3.05) is 36.8 Å². The molecule has 0 aliphatic carbocycles. The number of para-hydroxylation sites is 1. The fraction of sp³-hybridized carbons (Fsp3) is 0.300. The highest BCUT2D eigenvalue weighted by Gasteiger charge is 2.27. The maximum Gasteiger partial charge on any atom is 0.226 e. The minimum atomic E-state index is -3.15. The predicted octanol–water partition coefficient (Wildman–Crippen LogP) is 2.77. The first-order valence-electron chi connectivity index (χ1n) is 9.13. The van der Waals surface area contributed by atoms with Gasteiger partial charge < -0.3 is 4.90 Å². The molecule has 0 amide bonds. The fourth-order valence-electron chi connectivity index (χ4n) is 3.37. The minimum Gasteiger partial charge on any atom is -0.338 e. The molecule has 3 aromatic rings. The Hall–Kier alpha value is -2.51. The highest BCUT2D eigenvalue weighted by Crippen LogP contribution is 2.28. The topological polar surface area (TPSA) is 66.4 Å². The Bertz CT molecular complexity index is 1050. The van der Waals surface area contributed by atoms with Gasteiger partial charge in [0.05, 0.1) is 17.0 Å². The van der Waals surface area contributed by atoms with E-state index < -0.39 is 10.0 Å². The van der Waals surface area contributed by atoms with E-state index >= 15 is 0 Å². The second kappa shape index (κ2) is 7.25. The first-order valence-corrected chi connectivity index (χ1v) is 10.7. The van der Waals surface area contributed by atoms with Crippen molar-refractivity contribution in [3.05, 3.63) is 54.6 Å². The van der Waals surface area contributed by atoms with Crippen LogP contribution in [0.25, 0.3) is 22.2 Å². The molecule has 1 aliphatic rings. The van der Waals surface area contributed by atoms with Crippen LogP contribution >= 0.6 is 0 Å². The molecule has 4 rings (SSSR count). The van der Waals surface area contributed by atoms with Crippen LogP contribution in [0.5, 0.6) is 0 Å². The van der Waals surface area contributed by atoms with E-state index in [-0.39, 0.29) is 5.75 Å². The monoisotopic (exact) mass is 382 g/mol. The normalized spacial score (nSPS) is 16.0. The third-order valence-electron chi connectivity index (χ3n) is 4.92. The molecular formula is C20H22N4O2S. The zero-order valence-electron chi connectivity index (χ0n) is 15.2. The van der Waals surface area contributed by atoms with Gasteiger partial charge in [0.15, 0.2) is 0 Å². The number of aromatic nitrogens is 2. The number of benzene rings is 2. The van der Waals surface area contributed by atoms with E-state index in [4.69, 9.17) is 9.97 Å². The molecule has 7 heteroatoms. The van der Waals surface area contributed by atoms with Crippen LogP contribution in [0, 0.1) is 0 Å². The van der Waals surface area contributed by atoms with Gasteiger partial charge in [-0.3, -0.25) is 0 Å². The lowest BCUT2D eigenvalue weighted by Gasteiger charge is -2.34. The molecule has 0 spiro atoms. The van der Waals surface area contributed by atoms with Gasteiger partial charge in [-0.25, -0.2) is 18.4 Å². The molecule has 0 saturated carbocycles. The van der Waals surface area contributed by atoms with E-state index in [0.717, 1.165) is 22.2 Å². The molecule has 6 nitrogen and oxygen atoms in total. The first kappa shape index (κ1) is 17.9. The number of fused-ring (bicyclic) bond motifs is 1. The van der Waals surface area contributed by atoms with Gasteiger partial charge in [-0.05, 0) is 13.0 Å². The summed E-state index contributed by atoms with van der Waals surface area (Å²) in [7, 11) is -3.15. The van der Waals surface area contributed by atoms with Gasteiger partial charge in [-0.15, -0.1) is 0 Å². The van der Waals surface area contributed by atoms with Crippen molar-refractivity contribution < 1.29 is 8.42 Å². The van der Waals surface area contributed by atoms with E-state index in [1.54, 1.807) is 11.2 Å². The average molecular weight is 382 g/mol. The summed E-state index contributed by atoms with van der Waals surface area (Å²) < 4.78 is 25.7. The van der Waals surface area contributed by atoms with Gasteiger partial charge in [-0.2, -0.15) is 4.31 Å². The van der Waals surface area contributed by atoms with Gasteiger partial charge in [0.25, 0.3) is 0 Å². The molecule has 0 radical (unpaired) electrons. The van der Waals surface area contributed by atoms with Crippen molar-refractivity contribution in [3.8, 4) is 11.3 Å². The van der Waals surface area contributed by atoms with E-state index in [1.165, 1.54) is 0 Å². The summed E-state index contributed by atoms with van der Waals surface area (Å²) in [5.41, 5.74) is 2.84. The Morgan fingerprint density at radius 1 is 0.889 bits per heavy atom. The number of hydrogen-bond donors (Lipinski definition) is 0. The van der Waals surface area contributed by atoms with Crippen LogP contribution < -0.4 is 4.90 Å². The number of nitrogens with zero attached hydrogens (tertiary/aromatic N) is 4. The molecule has 27 heavy (non-hydrogen) atoms. The lowest BCUT2D eigenvalue weighted by Crippen LogP contribution is -2.49. The van der Waals surface area contributed by atoms with Crippen molar-refractivity contribution >= 4 is 26.9 Å². The number of rotatable bonds is 4. The van der Waals surface area contributed by atoms with Crippen LogP contribution in [-0.2, 0) is 10.0 Å². The van der Waals surface area contributed by atoms with Gasteiger partial charge in [-0.1, -0.05) is 48.5 Å². The molecule has 1 aliphatic heterocycles. The van der Waals surface area contributed by atoms with E-state index in [1.807, 2.05) is 54.6 Å². The van der Waals surface area contributed by atoms with Crippen LogP contribution in [0.3, 0.4) is 0 Å². The zero-order valence-corrected chi connectivity index (χ0v) is 16.1. The lowest BCUT2D eigenvalue weighted by molar-refractivity contribution is 0.383. The highest BCUT2D eigenvalue weighted by atomic mass is 32.2. The maximum atomic E-state index is 12.1. The van der Waals surface area contributed by atoms with Crippen LogP contribution in [0.2, 0.25) is 0 Å². The van der Waals surface area contributed by atoms with Gasteiger partial charge in [0, 0.05) is 37.1 Å². The first-order chi connectivity index (χ1) is 13.1. The average Bonchev–Trinajstić information content (AvgIpc) is 2.73. The summed E-state index contributed by atoms with van der Waals surface area (Å²) in [4.78, 5) is 11.7. The summed E-state index contributed by atoms with van der Waals surface area (Å²) in [6, 6.07) is 18.1. The number of sulfonamides is 1. The largest absolute Gasteiger partial charge is 0.338 e. The standard InChI is InChI=1S/C20H22N4O2S/c1-2-27(25,26)24-14-12-23(13-15-24)20-21-18-11-7-6-10-17(18)19(22-20)16-8-4-3-5-9-16/h3-11H,2,12-15H2,1H3. The Morgan fingerprint density at radius 2 is 1.56 bits per heavy atom. The molecule has 140 valence electrons. The zero-order chi connectivity index (χ0) is 18.9. The molecule has 1 saturated heterocycles. The quantitative estimate of drug-likeness (QED) is 0.694. The molecule has 1 fully saturated rings. The summed E-state index contributed by atoms with van der Waals surface area (Å²) in [5, 5.41) is 1.01. The molecule has 2 heterocycles. The lowest BCUT2D eigenvalue weighted by atomic mass is 10.1. The smallest absolute Gasteiger partial charge is 0.226 e. The molecule has 1 aromatic heterocycles. The van der Waals surface area contributed by atoms with Crippen LogP contribution in [-0.4, -0.2) is 54.6 Å². The Balaban J connectivity index is 1.70. The third kappa shape index (κ3) is 3.52.